The minimum atomic E-state index is -0.663. The van der Waals surface area contributed by atoms with E-state index in [1.165, 1.54) is 44.8 Å². The first-order valence-corrected chi connectivity index (χ1v) is 20.0. The van der Waals surface area contributed by atoms with Crippen molar-refractivity contribution < 1.29 is 24.5 Å². The summed E-state index contributed by atoms with van der Waals surface area (Å²) in [5.74, 6) is 2.39. The van der Waals surface area contributed by atoms with Gasteiger partial charge in [-0.05, 0) is 129 Å². The largest absolute Gasteiger partial charge is 0.469 e. The minimum Gasteiger partial charge on any atom is -0.469 e. The molecule has 5 saturated carbocycles. The molecule has 274 valence electrons. The summed E-state index contributed by atoms with van der Waals surface area (Å²) in [6.45, 7) is 19.5. The standard InChI is InChI=1S/C42H71NO5/c1-28(2)29-20-23-42(37(47)43-26-16-14-12-10-9-11-13-15-17-34(45)48-8)25-24-40(6)30(35(29)42)18-19-33-39(5)27-31(44)36(46)38(3,4)32(39)21-22-41(33,40)7/h29-33,35-36,44,46H,1,9-27H2,2-8H3,(H,43,47)/t29-,30+,31?,32-,33+,35+,36?,39-,40+,41+,42-/m0/s1. The lowest BCUT2D eigenvalue weighted by atomic mass is 9.32. The average molecular weight is 670 g/mol. The number of hydrogen-bond acceptors (Lipinski definition) is 5. The second kappa shape index (κ2) is 14.3. The molecule has 1 amide bonds. The van der Waals surface area contributed by atoms with Crippen LogP contribution in [0, 0.1) is 56.7 Å². The molecular weight excluding hydrogens is 598 g/mol. The lowest BCUT2D eigenvalue weighted by Gasteiger charge is -2.73. The van der Waals surface area contributed by atoms with E-state index in [1.54, 1.807) is 0 Å². The number of hydrogen-bond donors (Lipinski definition) is 3. The summed E-state index contributed by atoms with van der Waals surface area (Å²) in [4.78, 5) is 25.6. The van der Waals surface area contributed by atoms with Gasteiger partial charge in [-0.1, -0.05) is 85.3 Å². The van der Waals surface area contributed by atoms with Crippen molar-refractivity contribution in [1.82, 2.24) is 5.32 Å². The Hall–Kier alpha value is -1.40. The van der Waals surface area contributed by atoms with Gasteiger partial charge in [-0.15, -0.1) is 0 Å². The van der Waals surface area contributed by atoms with E-state index in [0.29, 0.717) is 48.3 Å². The van der Waals surface area contributed by atoms with Gasteiger partial charge in [0, 0.05) is 13.0 Å². The molecule has 0 spiro atoms. The van der Waals surface area contributed by atoms with E-state index in [9.17, 15) is 19.8 Å². The third kappa shape index (κ3) is 6.24. The average Bonchev–Trinajstić information content (AvgIpc) is 3.44. The van der Waals surface area contributed by atoms with Crippen LogP contribution in [0.4, 0.5) is 0 Å². The molecule has 0 saturated heterocycles. The number of esters is 1. The molecule has 0 radical (unpaired) electrons. The number of nitrogens with one attached hydrogen (secondary N) is 1. The summed E-state index contributed by atoms with van der Waals surface area (Å²) in [6.07, 6.45) is 17.6. The number of fused-ring (bicyclic) bond motifs is 7. The maximum atomic E-state index is 14.4. The topological polar surface area (TPSA) is 95.9 Å². The predicted molar refractivity (Wildman–Crippen MR) is 193 cm³/mol. The van der Waals surface area contributed by atoms with Crippen LogP contribution in [0.5, 0.6) is 0 Å². The van der Waals surface area contributed by atoms with Crippen molar-refractivity contribution in [1.29, 1.82) is 0 Å². The van der Waals surface area contributed by atoms with Gasteiger partial charge in [0.25, 0.3) is 0 Å². The maximum absolute atomic E-state index is 14.4. The fourth-order valence-electron chi connectivity index (χ4n) is 13.6. The molecule has 6 heteroatoms. The van der Waals surface area contributed by atoms with Gasteiger partial charge in [-0.2, -0.15) is 0 Å². The number of aliphatic hydroxyl groups excluding tert-OH is 2. The molecule has 0 aromatic carbocycles. The first-order valence-electron chi connectivity index (χ1n) is 20.0. The highest BCUT2D eigenvalue weighted by atomic mass is 16.5. The van der Waals surface area contributed by atoms with E-state index in [2.05, 4.69) is 53.4 Å². The molecule has 0 aromatic rings. The molecule has 5 aliphatic carbocycles. The van der Waals surface area contributed by atoms with Crippen LogP contribution in [0.1, 0.15) is 157 Å². The van der Waals surface area contributed by atoms with Crippen LogP contribution < -0.4 is 5.32 Å². The number of methoxy groups -OCH3 is 1. The van der Waals surface area contributed by atoms with Crippen LogP contribution in [0.15, 0.2) is 12.2 Å². The molecule has 0 aliphatic heterocycles. The summed E-state index contributed by atoms with van der Waals surface area (Å²) in [7, 11) is 1.45. The lowest BCUT2D eigenvalue weighted by molar-refractivity contribution is -0.262. The fraction of sp³-hybridized carbons (Fsp3) is 0.905. The summed E-state index contributed by atoms with van der Waals surface area (Å²) in [5.41, 5.74) is 0.970. The summed E-state index contributed by atoms with van der Waals surface area (Å²) in [5, 5.41) is 25.7. The quantitative estimate of drug-likeness (QED) is 0.104. The molecule has 11 atom stereocenters. The molecule has 2 unspecified atom stereocenters. The Balaban J connectivity index is 1.23. The maximum Gasteiger partial charge on any atom is 0.305 e. The van der Waals surface area contributed by atoms with Gasteiger partial charge in [0.2, 0.25) is 5.91 Å². The van der Waals surface area contributed by atoms with Crippen LogP contribution >= 0.6 is 0 Å². The molecule has 5 fully saturated rings. The number of carbonyl (C=O) groups is 2. The lowest BCUT2D eigenvalue weighted by Crippen LogP contribution is -2.68. The van der Waals surface area contributed by atoms with Gasteiger partial charge in [-0.3, -0.25) is 9.59 Å². The van der Waals surface area contributed by atoms with Gasteiger partial charge >= 0.3 is 5.97 Å². The van der Waals surface area contributed by atoms with E-state index in [-0.39, 0.29) is 33.0 Å². The van der Waals surface area contributed by atoms with E-state index in [4.69, 9.17) is 4.74 Å². The van der Waals surface area contributed by atoms with Crippen molar-refractivity contribution in [3.05, 3.63) is 12.2 Å². The number of carbonyl (C=O) groups excluding carboxylic acids is 2. The molecule has 5 rings (SSSR count). The molecular formula is C42H71NO5. The first-order chi connectivity index (χ1) is 22.6. The second-order valence-electron chi connectivity index (χ2n) is 18.8. The molecule has 5 aliphatic rings. The number of unbranched alkanes of at least 4 members (excludes halogenated alkanes) is 7. The zero-order valence-electron chi connectivity index (χ0n) is 31.8. The van der Waals surface area contributed by atoms with Gasteiger partial charge < -0.3 is 20.3 Å². The van der Waals surface area contributed by atoms with Crippen molar-refractivity contribution >= 4 is 11.9 Å². The van der Waals surface area contributed by atoms with Crippen LogP contribution in [-0.2, 0) is 14.3 Å². The molecule has 3 N–H and O–H groups in total. The van der Waals surface area contributed by atoms with Gasteiger partial charge in [-0.25, -0.2) is 0 Å². The molecule has 6 nitrogen and oxygen atoms in total. The van der Waals surface area contributed by atoms with Crippen molar-refractivity contribution in [2.24, 2.45) is 56.7 Å². The van der Waals surface area contributed by atoms with Crippen LogP contribution in [0.25, 0.3) is 0 Å². The highest BCUT2D eigenvalue weighted by molar-refractivity contribution is 5.84. The zero-order chi connectivity index (χ0) is 35.1. The highest BCUT2D eigenvalue weighted by Gasteiger charge is 2.72. The first kappa shape index (κ1) is 37.8. The number of rotatable bonds is 13. The Labute approximate surface area is 293 Å². The van der Waals surface area contributed by atoms with Gasteiger partial charge in [0.1, 0.15) is 0 Å². The van der Waals surface area contributed by atoms with Crippen molar-refractivity contribution in [3.8, 4) is 0 Å². The predicted octanol–water partition coefficient (Wildman–Crippen LogP) is 8.78. The fourth-order valence-corrected chi connectivity index (χ4v) is 13.6. The number of ether oxygens (including phenoxy) is 1. The van der Waals surface area contributed by atoms with Crippen molar-refractivity contribution in [2.75, 3.05) is 13.7 Å². The molecule has 0 aromatic heterocycles. The third-order valence-electron chi connectivity index (χ3n) is 16.3. The normalized spacial score (nSPS) is 42.9. The van der Waals surface area contributed by atoms with Gasteiger partial charge in [0.15, 0.2) is 0 Å². The van der Waals surface area contributed by atoms with E-state index in [1.807, 2.05) is 0 Å². The SMILES string of the molecule is C=C(C)[C@@H]1CC[C@]2(C(=O)NCCCCCCCCCCC(=O)OC)CC[C@]3(C)[C@H](CC[C@@H]4[C@@]5(C)CC(O)C(O)C(C)(C)[C@@H]5CC[C@]43C)[C@@H]12. The monoisotopic (exact) mass is 670 g/mol. The second-order valence-corrected chi connectivity index (χ2v) is 18.8. The van der Waals surface area contributed by atoms with Crippen LogP contribution in [0.2, 0.25) is 0 Å². The summed E-state index contributed by atoms with van der Waals surface area (Å²) >= 11 is 0. The molecule has 0 heterocycles. The van der Waals surface area contributed by atoms with Crippen molar-refractivity contribution in [2.45, 2.75) is 169 Å². The van der Waals surface area contributed by atoms with Crippen LogP contribution in [0.3, 0.4) is 0 Å². The Bertz CT molecular complexity index is 1180. The number of aliphatic hydroxyl groups is 2. The van der Waals surface area contributed by atoms with E-state index < -0.39 is 12.2 Å². The number of allylic oxidation sites excluding steroid dienone is 1. The highest BCUT2D eigenvalue weighted by Crippen LogP contribution is 2.77. The smallest absolute Gasteiger partial charge is 0.305 e. The van der Waals surface area contributed by atoms with Crippen molar-refractivity contribution in [3.63, 3.8) is 0 Å². The Morgan fingerprint density at radius 2 is 1.44 bits per heavy atom. The molecule has 48 heavy (non-hydrogen) atoms. The third-order valence-corrected chi connectivity index (χ3v) is 16.3. The molecule has 0 bridgehead atoms. The van der Waals surface area contributed by atoms with Gasteiger partial charge in [0.05, 0.1) is 24.7 Å². The Morgan fingerprint density at radius 1 is 0.792 bits per heavy atom. The van der Waals surface area contributed by atoms with E-state index >= 15 is 0 Å². The van der Waals surface area contributed by atoms with Crippen LogP contribution in [-0.4, -0.2) is 48.0 Å². The summed E-state index contributed by atoms with van der Waals surface area (Å²) in [6, 6.07) is 0. The Morgan fingerprint density at radius 3 is 2.08 bits per heavy atom. The van der Waals surface area contributed by atoms with E-state index in [0.717, 1.165) is 77.2 Å². The minimum absolute atomic E-state index is 0.00294. The zero-order valence-corrected chi connectivity index (χ0v) is 31.8. The Kier molecular flexibility index (Phi) is 11.3. The summed E-state index contributed by atoms with van der Waals surface area (Å²) < 4.78 is 4.72. The number of amides is 1.